The zero-order valence-corrected chi connectivity index (χ0v) is 7.67. The van der Waals surface area contributed by atoms with E-state index < -0.39 is 12.1 Å². The monoisotopic (exact) mass is 201 g/mol. The Morgan fingerprint density at radius 2 is 1.57 bits per heavy atom. The van der Waals surface area contributed by atoms with Crippen molar-refractivity contribution in [2.24, 2.45) is 0 Å². The van der Waals surface area contributed by atoms with Crippen LogP contribution < -0.4 is 5.11 Å². The molecular weight excluding hydrogens is 188 g/mol. The largest absolute Gasteiger partial charge is 0.547 e. The molecule has 14 heavy (non-hydrogen) atoms. The van der Waals surface area contributed by atoms with Crippen LogP contribution in [-0.2, 0) is 4.79 Å². The molecule has 0 bridgehead atoms. The van der Waals surface area contributed by atoms with Crippen molar-refractivity contribution in [3.05, 3.63) is 0 Å². The number of nitrogens with zero attached hydrogens (tertiary/aromatic N) is 2. The lowest BCUT2D eigenvalue weighted by molar-refractivity contribution is -0.334. The Kier molecular flexibility index (Phi) is 2.44. The van der Waals surface area contributed by atoms with Gasteiger partial charge in [-0.25, -0.2) is 0 Å². The highest BCUT2D eigenvalue weighted by Crippen LogP contribution is 2.33. The van der Waals surface area contributed by atoms with Gasteiger partial charge in [-0.1, -0.05) is 12.8 Å². The SMILES string of the molecule is O=C([O-])C1N(O)[C@@H]2CCCC[C@@H]2N1O. The second-order valence-corrected chi connectivity index (χ2v) is 3.87. The van der Waals surface area contributed by atoms with Crippen LogP contribution in [0.25, 0.3) is 0 Å². The third-order valence-electron chi connectivity index (χ3n) is 3.09. The van der Waals surface area contributed by atoms with E-state index in [0.29, 0.717) is 23.0 Å². The molecule has 80 valence electrons. The van der Waals surface area contributed by atoms with Crippen molar-refractivity contribution < 1.29 is 20.3 Å². The van der Waals surface area contributed by atoms with E-state index in [0.717, 1.165) is 12.8 Å². The first kappa shape index (κ1) is 9.85. The van der Waals surface area contributed by atoms with Gasteiger partial charge in [-0.15, -0.1) is 0 Å². The Morgan fingerprint density at radius 1 is 1.14 bits per heavy atom. The molecule has 2 N–H and O–H groups in total. The molecule has 0 spiro atoms. The average Bonchev–Trinajstić information content (AvgIpc) is 2.41. The molecule has 1 aliphatic heterocycles. The second kappa shape index (κ2) is 3.47. The molecule has 6 heteroatoms. The maximum absolute atomic E-state index is 10.7. The smallest absolute Gasteiger partial charge is 0.150 e. The first-order valence-electron chi connectivity index (χ1n) is 4.78. The first-order valence-corrected chi connectivity index (χ1v) is 4.78. The summed E-state index contributed by atoms with van der Waals surface area (Å²) in [4.78, 5) is 10.7. The molecule has 1 unspecified atom stereocenters. The van der Waals surface area contributed by atoms with Crippen molar-refractivity contribution in [2.45, 2.75) is 43.9 Å². The van der Waals surface area contributed by atoms with Crippen molar-refractivity contribution in [1.82, 2.24) is 10.1 Å². The number of carboxylic acids is 1. The van der Waals surface area contributed by atoms with Gasteiger partial charge in [0.2, 0.25) is 0 Å². The quantitative estimate of drug-likeness (QED) is 0.552. The molecule has 0 amide bonds. The lowest BCUT2D eigenvalue weighted by Gasteiger charge is -2.27. The molecule has 0 radical (unpaired) electrons. The van der Waals surface area contributed by atoms with Crippen LogP contribution in [0, 0.1) is 0 Å². The van der Waals surface area contributed by atoms with Crippen LogP contribution in [0.2, 0.25) is 0 Å². The molecule has 0 aromatic carbocycles. The standard InChI is InChI=1S/C8H14N2O4/c11-8(12)7-9(13)5-3-1-2-4-6(5)10(7)14/h5-7,13-14H,1-4H2,(H,11,12)/p-1/t5-,6+,7?. The number of hydrogen-bond donors (Lipinski definition) is 2. The van der Waals surface area contributed by atoms with Crippen molar-refractivity contribution >= 4 is 5.97 Å². The fourth-order valence-electron chi connectivity index (χ4n) is 2.41. The molecule has 1 saturated carbocycles. The molecule has 0 aromatic heterocycles. The third kappa shape index (κ3) is 1.31. The van der Waals surface area contributed by atoms with E-state index in [1.807, 2.05) is 0 Å². The van der Waals surface area contributed by atoms with Gasteiger partial charge >= 0.3 is 0 Å². The van der Waals surface area contributed by atoms with Gasteiger partial charge in [-0.05, 0) is 12.8 Å². The highest BCUT2D eigenvalue weighted by molar-refractivity contribution is 5.70. The van der Waals surface area contributed by atoms with Gasteiger partial charge in [0, 0.05) is 0 Å². The lowest BCUT2D eigenvalue weighted by atomic mass is 9.91. The Morgan fingerprint density at radius 3 is 1.93 bits per heavy atom. The summed E-state index contributed by atoms with van der Waals surface area (Å²) >= 11 is 0. The van der Waals surface area contributed by atoms with Gasteiger partial charge in [0.1, 0.15) is 6.17 Å². The summed E-state index contributed by atoms with van der Waals surface area (Å²) in [6, 6.07) is -0.562. The fourth-order valence-corrected chi connectivity index (χ4v) is 2.41. The van der Waals surface area contributed by atoms with Crippen LogP contribution in [-0.4, -0.2) is 44.8 Å². The molecule has 1 saturated heterocycles. The Balaban J connectivity index is 2.19. The molecule has 1 heterocycles. The summed E-state index contributed by atoms with van der Waals surface area (Å²) < 4.78 is 0. The molecule has 2 fully saturated rings. The summed E-state index contributed by atoms with van der Waals surface area (Å²) in [6.07, 6.45) is 1.91. The average molecular weight is 201 g/mol. The molecule has 1 aliphatic carbocycles. The van der Waals surface area contributed by atoms with Crippen LogP contribution in [0.1, 0.15) is 25.7 Å². The second-order valence-electron chi connectivity index (χ2n) is 3.87. The van der Waals surface area contributed by atoms with E-state index in [-0.39, 0.29) is 12.1 Å². The Labute approximate surface area is 81.3 Å². The number of rotatable bonds is 1. The van der Waals surface area contributed by atoms with Gasteiger partial charge in [0.15, 0.2) is 0 Å². The van der Waals surface area contributed by atoms with E-state index in [4.69, 9.17) is 0 Å². The van der Waals surface area contributed by atoms with Crippen molar-refractivity contribution in [3.63, 3.8) is 0 Å². The van der Waals surface area contributed by atoms with Gasteiger partial charge in [0.05, 0.1) is 18.1 Å². The third-order valence-corrected chi connectivity index (χ3v) is 3.09. The highest BCUT2D eigenvalue weighted by Gasteiger charge is 2.47. The maximum atomic E-state index is 10.7. The Bertz CT molecular complexity index is 229. The predicted molar refractivity (Wildman–Crippen MR) is 42.1 cm³/mol. The minimum Gasteiger partial charge on any atom is -0.547 e. The van der Waals surface area contributed by atoms with Crippen molar-refractivity contribution in [2.75, 3.05) is 0 Å². The lowest BCUT2D eigenvalue weighted by Crippen LogP contribution is -2.50. The minimum atomic E-state index is -1.47. The number of fused-ring (bicyclic) bond motifs is 1. The number of carbonyl (C=O) groups is 1. The number of hydrogen-bond acceptors (Lipinski definition) is 6. The van der Waals surface area contributed by atoms with E-state index >= 15 is 0 Å². The molecule has 0 aromatic rings. The van der Waals surface area contributed by atoms with Crippen LogP contribution in [0.15, 0.2) is 0 Å². The number of aliphatic carboxylic acids is 1. The molecule has 3 atom stereocenters. The summed E-state index contributed by atoms with van der Waals surface area (Å²) in [6.45, 7) is 0. The van der Waals surface area contributed by atoms with Crippen LogP contribution in [0.5, 0.6) is 0 Å². The van der Waals surface area contributed by atoms with Crippen LogP contribution >= 0.6 is 0 Å². The van der Waals surface area contributed by atoms with Gasteiger partial charge in [0.25, 0.3) is 0 Å². The van der Waals surface area contributed by atoms with E-state index in [9.17, 15) is 20.3 Å². The van der Waals surface area contributed by atoms with Crippen LogP contribution in [0.3, 0.4) is 0 Å². The summed E-state index contributed by atoms with van der Waals surface area (Å²) in [7, 11) is 0. The molecule has 6 nitrogen and oxygen atoms in total. The first-order chi connectivity index (χ1) is 6.63. The summed E-state index contributed by atoms with van der Waals surface area (Å²) in [5, 5.41) is 31.1. The highest BCUT2D eigenvalue weighted by atomic mass is 16.6. The normalized spacial score (nSPS) is 39.7. The zero-order valence-electron chi connectivity index (χ0n) is 7.67. The number of carbonyl (C=O) groups excluding carboxylic acids is 1. The van der Waals surface area contributed by atoms with E-state index in [1.165, 1.54) is 0 Å². The minimum absolute atomic E-state index is 0.281. The zero-order chi connectivity index (χ0) is 10.3. The molecule has 2 aliphatic rings. The number of hydroxylamine groups is 4. The summed E-state index contributed by atoms with van der Waals surface area (Å²) in [5.41, 5.74) is 0. The van der Waals surface area contributed by atoms with Gasteiger partial charge in [-0.3, -0.25) is 0 Å². The Hall–Kier alpha value is -0.690. The topological polar surface area (TPSA) is 87.1 Å². The predicted octanol–water partition coefficient (Wildman–Crippen LogP) is -1.23. The fraction of sp³-hybridized carbons (Fsp3) is 0.875. The number of carboxylic acid groups (broad SMARTS) is 1. The molecular formula is C8H13N2O4-. The molecule has 2 rings (SSSR count). The van der Waals surface area contributed by atoms with E-state index in [1.54, 1.807) is 0 Å². The van der Waals surface area contributed by atoms with E-state index in [2.05, 4.69) is 0 Å². The van der Waals surface area contributed by atoms with Gasteiger partial charge in [-0.2, -0.15) is 10.1 Å². The van der Waals surface area contributed by atoms with Crippen LogP contribution in [0.4, 0.5) is 0 Å². The van der Waals surface area contributed by atoms with Crippen molar-refractivity contribution in [3.8, 4) is 0 Å². The maximum Gasteiger partial charge on any atom is 0.150 e. The van der Waals surface area contributed by atoms with Crippen molar-refractivity contribution in [1.29, 1.82) is 0 Å². The van der Waals surface area contributed by atoms with Gasteiger partial charge < -0.3 is 20.3 Å². The summed E-state index contributed by atoms with van der Waals surface area (Å²) in [5.74, 6) is -1.47.